The molecule has 0 aromatic heterocycles. The quantitative estimate of drug-likeness (QED) is 0.283. The van der Waals surface area contributed by atoms with Gasteiger partial charge in [-0.05, 0) is 83.6 Å². The highest BCUT2D eigenvalue weighted by molar-refractivity contribution is 5.92. The fourth-order valence-electron chi connectivity index (χ4n) is 4.24. The average molecular weight is 451 g/mol. The number of carbonyl (C=O) groups is 1. The van der Waals surface area contributed by atoms with Gasteiger partial charge in [-0.3, -0.25) is 4.79 Å². The molecule has 0 radical (unpaired) electrons. The van der Waals surface area contributed by atoms with Gasteiger partial charge in [-0.15, -0.1) is 0 Å². The van der Waals surface area contributed by atoms with Crippen molar-refractivity contribution in [3.63, 3.8) is 0 Å². The molecular formula is C29H30N4O. The molecule has 4 aromatic carbocycles. The van der Waals surface area contributed by atoms with Gasteiger partial charge in [0.15, 0.2) is 0 Å². The highest BCUT2D eigenvalue weighted by atomic mass is 16.1. The summed E-state index contributed by atoms with van der Waals surface area (Å²) in [5.41, 5.74) is 30.3. The largest absolute Gasteiger partial charge is 0.399 e. The molecule has 0 amide bonds. The zero-order valence-corrected chi connectivity index (χ0v) is 19.0. The minimum absolute atomic E-state index is 0.142. The smallest absolute Gasteiger partial charge is 0.148 e. The normalized spacial score (nSPS) is 12.7. The molecule has 0 aliphatic rings. The van der Waals surface area contributed by atoms with Gasteiger partial charge in [-0.25, -0.2) is 0 Å². The Kier molecular flexibility index (Phi) is 6.83. The maximum Gasteiger partial charge on any atom is 0.148 e. The van der Waals surface area contributed by atoms with E-state index in [1.165, 1.54) is 0 Å². The number of benzene rings is 4. The van der Waals surface area contributed by atoms with E-state index in [4.69, 9.17) is 22.9 Å². The van der Waals surface area contributed by atoms with Crippen LogP contribution in [0, 0.1) is 0 Å². The molecule has 172 valence electrons. The number of nitrogen functional groups attached to an aromatic ring is 4. The molecule has 4 rings (SSSR count). The minimum Gasteiger partial charge on any atom is -0.399 e. The molecule has 0 aliphatic heterocycles. The second-order valence-corrected chi connectivity index (χ2v) is 8.73. The SMILES string of the molecule is Nc1ccc(CC(C(=O)C(Cc2ccc(N)cc2)c2ccc(N)cc2)c2ccc(N)cc2)cc1. The fourth-order valence-corrected chi connectivity index (χ4v) is 4.24. The minimum atomic E-state index is -0.347. The Morgan fingerprint density at radius 1 is 0.471 bits per heavy atom. The molecule has 0 saturated heterocycles. The van der Waals surface area contributed by atoms with Gasteiger partial charge in [0.25, 0.3) is 0 Å². The monoisotopic (exact) mass is 450 g/mol. The van der Waals surface area contributed by atoms with Crippen LogP contribution in [0.5, 0.6) is 0 Å². The standard InChI is InChI=1S/C29H30N4O/c30-23-9-1-19(2-10-23)17-27(21-5-13-25(32)14-6-21)29(34)28(22-7-15-26(33)16-8-22)18-20-3-11-24(31)12-4-20/h1-16,27-28H,17-18,30-33H2. The maximum atomic E-state index is 14.2. The molecule has 0 saturated carbocycles. The number of ketones is 1. The van der Waals surface area contributed by atoms with Crippen LogP contribution in [0.1, 0.15) is 34.1 Å². The first-order valence-electron chi connectivity index (χ1n) is 11.3. The molecule has 2 unspecified atom stereocenters. The highest BCUT2D eigenvalue weighted by Gasteiger charge is 2.30. The Morgan fingerprint density at radius 2 is 0.735 bits per heavy atom. The van der Waals surface area contributed by atoms with Gasteiger partial charge < -0.3 is 22.9 Å². The third-order valence-corrected chi connectivity index (χ3v) is 6.20. The van der Waals surface area contributed by atoms with Gasteiger partial charge >= 0.3 is 0 Å². The first-order valence-corrected chi connectivity index (χ1v) is 11.3. The first kappa shape index (κ1) is 22.9. The van der Waals surface area contributed by atoms with Crippen molar-refractivity contribution >= 4 is 28.5 Å². The lowest BCUT2D eigenvalue weighted by Gasteiger charge is -2.24. The molecule has 0 spiro atoms. The Bertz CT molecular complexity index is 1130. The molecule has 34 heavy (non-hydrogen) atoms. The Morgan fingerprint density at radius 3 is 1.03 bits per heavy atom. The number of Topliss-reactive ketones (excluding diaryl/α,β-unsaturated/α-hetero) is 1. The van der Waals surface area contributed by atoms with Crippen LogP contribution >= 0.6 is 0 Å². The molecule has 0 heterocycles. The van der Waals surface area contributed by atoms with Gasteiger partial charge in [0.05, 0.1) is 0 Å². The van der Waals surface area contributed by atoms with Crippen LogP contribution in [0.3, 0.4) is 0 Å². The molecule has 0 bridgehead atoms. The van der Waals surface area contributed by atoms with Gasteiger partial charge in [0.2, 0.25) is 0 Å². The van der Waals surface area contributed by atoms with Crippen molar-refractivity contribution in [2.45, 2.75) is 24.7 Å². The second kappa shape index (κ2) is 10.1. The van der Waals surface area contributed by atoms with E-state index in [-0.39, 0.29) is 17.6 Å². The van der Waals surface area contributed by atoms with E-state index in [1.807, 2.05) is 97.1 Å². The fraction of sp³-hybridized carbons (Fsp3) is 0.138. The number of nitrogens with two attached hydrogens (primary N) is 4. The third-order valence-electron chi connectivity index (χ3n) is 6.20. The van der Waals surface area contributed by atoms with Crippen LogP contribution in [0.2, 0.25) is 0 Å². The van der Waals surface area contributed by atoms with Gasteiger partial charge in [-0.2, -0.15) is 0 Å². The summed E-state index contributed by atoms with van der Waals surface area (Å²) in [6.45, 7) is 0. The first-order chi connectivity index (χ1) is 16.4. The summed E-state index contributed by atoms with van der Waals surface area (Å²) in [5.74, 6) is -0.552. The van der Waals surface area contributed by atoms with Crippen LogP contribution < -0.4 is 22.9 Å². The third kappa shape index (κ3) is 5.56. The van der Waals surface area contributed by atoms with Gasteiger partial charge in [0.1, 0.15) is 5.78 Å². The van der Waals surface area contributed by atoms with E-state index in [1.54, 1.807) is 0 Å². The summed E-state index contributed by atoms with van der Waals surface area (Å²) < 4.78 is 0. The van der Waals surface area contributed by atoms with Crippen LogP contribution in [0.15, 0.2) is 97.1 Å². The summed E-state index contributed by atoms with van der Waals surface area (Å²) in [6.07, 6.45) is 1.13. The second-order valence-electron chi connectivity index (χ2n) is 8.73. The van der Waals surface area contributed by atoms with Crippen molar-refractivity contribution in [2.24, 2.45) is 0 Å². The Labute approximate surface area is 200 Å². The lowest BCUT2D eigenvalue weighted by Crippen LogP contribution is -2.24. The molecule has 5 nitrogen and oxygen atoms in total. The number of carbonyl (C=O) groups excluding carboxylic acids is 1. The Hall–Kier alpha value is -4.25. The summed E-state index contributed by atoms with van der Waals surface area (Å²) in [7, 11) is 0. The summed E-state index contributed by atoms with van der Waals surface area (Å²) in [6, 6.07) is 30.5. The molecule has 2 atom stereocenters. The zero-order valence-electron chi connectivity index (χ0n) is 19.0. The number of anilines is 4. The maximum absolute atomic E-state index is 14.2. The molecule has 0 fully saturated rings. The molecule has 5 heteroatoms. The zero-order chi connectivity index (χ0) is 24.1. The van der Waals surface area contributed by atoms with Crippen LogP contribution in [0.4, 0.5) is 22.7 Å². The van der Waals surface area contributed by atoms with Crippen molar-refractivity contribution in [3.05, 3.63) is 119 Å². The van der Waals surface area contributed by atoms with Crippen LogP contribution in [-0.4, -0.2) is 5.78 Å². The Balaban J connectivity index is 1.74. The number of rotatable bonds is 8. The van der Waals surface area contributed by atoms with E-state index < -0.39 is 0 Å². The molecule has 0 aliphatic carbocycles. The van der Waals surface area contributed by atoms with E-state index in [9.17, 15) is 4.79 Å². The van der Waals surface area contributed by atoms with E-state index >= 15 is 0 Å². The summed E-state index contributed by atoms with van der Waals surface area (Å²) in [5, 5.41) is 0. The predicted octanol–water partition coefficient (Wildman–Crippen LogP) is 4.94. The summed E-state index contributed by atoms with van der Waals surface area (Å²) in [4.78, 5) is 14.2. The predicted molar refractivity (Wildman–Crippen MR) is 141 cm³/mol. The van der Waals surface area contributed by atoms with E-state index in [0.29, 0.717) is 35.6 Å². The number of hydrogen-bond acceptors (Lipinski definition) is 5. The van der Waals surface area contributed by atoms with Crippen molar-refractivity contribution in [1.29, 1.82) is 0 Å². The topological polar surface area (TPSA) is 121 Å². The average Bonchev–Trinajstić information content (AvgIpc) is 2.84. The van der Waals surface area contributed by atoms with E-state index in [0.717, 1.165) is 22.3 Å². The molecular weight excluding hydrogens is 420 g/mol. The van der Waals surface area contributed by atoms with Crippen molar-refractivity contribution in [3.8, 4) is 0 Å². The van der Waals surface area contributed by atoms with Crippen molar-refractivity contribution in [1.82, 2.24) is 0 Å². The van der Waals surface area contributed by atoms with Crippen molar-refractivity contribution in [2.75, 3.05) is 22.9 Å². The summed E-state index contributed by atoms with van der Waals surface area (Å²) >= 11 is 0. The van der Waals surface area contributed by atoms with Gasteiger partial charge in [-0.1, -0.05) is 48.5 Å². The van der Waals surface area contributed by atoms with Crippen LogP contribution in [-0.2, 0) is 17.6 Å². The molecule has 8 N–H and O–H groups in total. The lowest BCUT2D eigenvalue weighted by molar-refractivity contribution is -0.122. The van der Waals surface area contributed by atoms with Crippen molar-refractivity contribution < 1.29 is 4.79 Å². The highest BCUT2D eigenvalue weighted by Crippen LogP contribution is 2.33. The van der Waals surface area contributed by atoms with E-state index in [2.05, 4.69) is 0 Å². The van der Waals surface area contributed by atoms with Crippen LogP contribution in [0.25, 0.3) is 0 Å². The number of hydrogen-bond donors (Lipinski definition) is 4. The van der Waals surface area contributed by atoms with Gasteiger partial charge in [0, 0.05) is 34.6 Å². The molecule has 4 aromatic rings. The lowest BCUT2D eigenvalue weighted by atomic mass is 9.78.